The zero-order valence-electron chi connectivity index (χ0n) is 13.6. The van der Waals surface area contributed by atoms with Gasteiger partial charge in [0.05, 0.1) is 22.2 Å². The Morgan fingerprint density at radius 3 is 2.89 bits per heavy atom. The highest BCUT2D eigenvalue weighted by Gasteiger charge is 2.51. The van der Waals surface area contributed by atoms with E-state index in [0.717, 1.165) is 14.9 Å². The van der Waals surface area contributed by atoms with E-state index in [4.69, 9.17) is 16.0 Å². The minimum atomic E-state index is -0.638. The van der Waals surface area contributed by atoms with Gasteiger partial charge in [-0.1, -0.05) is 35.2 Å². The lowest BCUT2D eigenvalue weighted by molar-refractivity contribution is -0.124. The molecule has 2 unspecified atom stereocenters. The molecule has 1 saturated heterocycles. The maximum absolute atomic E-state index is 12.2. The molecule has 10 heteroatoms. The Bertz CT molecular complexity index is 1080. The Morgan fingerprint density at radius 1 is 1.19 bits per heavy atom. The zero-order valence-corrected chi connectivity index (χ0v) is 16.8. The average Bonchev–Trinajstić information content (AvgIpc) is 3.43. The number of nitrogens with zero attached hydrogens (tertiary/aromatic N) is 4. The molecule has 1 aliphatic rings. The summed E-state index contributed by atoms with van der Waals surface area (Å²) in [5.74, 6) is 1.12. The van der Waals surface area contributed by atoms with Gasteiger partial charge in [0.15, 0.2) is 4.34 Å². The number of thiazole rings is 1. The summed E-state index contributed by atoms with van der Waals surface area (Å²) in [4.78, 5) is 18.4. The van der Waals surface area contributed by atoms with Crippen LogP contribution in [-0.4, -0.2) is 26.5 Å². The van der Waals surface area contributed by atoms with Crippen molar-refractivity contribution in [2.45, 2.75) is 21.5 Å². The first kappa shape index (κ1) is 17.2. The number of amides is 1. The Morgan fingerprint density at radius 2 is 2.07 bits per heavy atom. The number of furan rings is 1. The van der Waals surface area contributed by atoms with Crippen LogP contribution in [0.4, 0.5) is 5.13 Å². The van der Waals surface area contributed by atoms with E-state index in [1.165, 1.54) is 16.0 Å². The highest BCUT2D eigenvalue weighted by molar-refractivity contribution is 8.00. The summed E-state index contributed by atoms with van der Waals surface area (Å²) in [6.07, 6.45) is 1.57. The van der Waals surface area contributed by atoms with Gasteiger partial charge < -0.3 is 4.42 Å². The molecule has 0 aliphatic carbocycles. The lowest BCUT2D eigenvalue weighted by atomic mass is 10.00. The largest absolute Gasteiger partial charge is 0.467 e. The van der Waals surface area contributed by atoms with Gasteiger partial charge >= 0.3 is 0 Å². The van der Waals surface area contributed by atoms with Gasteiger partial charge in [-0.25, -0.2) is 4.98 Å². The quantitative estimate of drug-likeness (QED) is 0.257. The smallest absolute Gasteiger partial charge is 0.250 e. The first-order valence-electron chi connectivity index (χ1n) is 8.02. The molecule has 3 aromatic heterocycles. The van der Waals surface area contributed by atoms with Crippen LogP contribution in [0.1, 0.15) is 16.8 Å². The number of carbonyl (C=O) groups excluding carboxylic acids is 1. The molecule has 1 aromatic carbocycles. The van der Waals surface area contributed by atoms with Crippen LogP contribution in [0.5, 0.6) is 0 Å². The van der Waals surface area contributed by atoms with Gasteiger partial charge in [0.2, 0.25) is 11.0 Å². The third kappa shape index (κ3) is 3.04. The second-order valence-electron chi connectivity index (χ2n) is 5.78. The van der Waals surface area contributed by atoms with Crippen LogP contribution in [0.2, 0.25) is 0 Å². The fourth-order valence-corrected chi connectivity index (χ4v) is 6.11. The van der Waals surface area contributed by atoms with Gasteiger partial charge in [0.25, 0.3) is 0 Å². The van der Waals surface area contributed by atoms with Crippen LogP contribution in [0.25, 0.3) is 10.2 Å². The number of thioether (sulfide) groups is 1. The molecule has 1 amide bonds. The van der Waals surface area contributed by atoms with Gasteiger partial charge in [0, 0.05) is 0 Å². The van der Waals surface area contributed by atoms with Crippen LogP contribution < -0.4 is 4.90 Å². The second-order valence-corrected chi connectivity index (χ2v) is 9.55. The fourth-order valence-electron chi connectivity index (χ4n) is 2.83. The Labute approximate surface area is 171 Å². The number of halogens is 1. The summed E-state index contributed by atoms with van der Waals surface area (Å²) in [5, 5.41) is 9.13. The van der Waals surface area contributed by atoms with Gasteiger partial charge in [0.1, 0.15) is 22.2 Å². The fraction of sp³-hybridized carbons (Fsp3) is 0.176. The van der Waals surface area contributed by atoms with Gasteiger partial charge in [-0.05, 0) is 24.3 Å². The predicted octanol–water partition coefficient (Wildman–Crippen LogP) is 4.73. The Hall–Kier alpha value is -1.94. The lowest BCUT2D eigenvalue weighted by Gasteiger charge is -2.40. The molecule has 5 rings (SSSR count). The molecule has 0 radical (unpaired) electrons. The molecule has 6 nitrogen and oxygen atoms in total. The van der Waals surface area contributed by atoms with Gasteiger partial charge in [-0.2, -0.15) is 0 Å². The number of benzene rings is 1. The average molecular weight is 435 g/mol. The number of hydrogen-bond donors (Lipinski definition) is 0. The van der Waals surface area contributed by atoms with Crippen molar-refractivity contribution >= 4 is 67.3 Å². The predicted molar refractivity (Wildman–Crippen MR) is 108 cm³/mol. The molecule has 1 fully saturated rings. The summed E-state index contributed by atoms with van der Waals surface area (Å²) in [5.41, 5.74) is 1.00. The molecular formula is C17H11ClN4O2S3. The topological polar surface area (TPSA) is 72.1 Å². The number of hydrogen-bond acceptors (Lipinski definition) is 8. The molecule has 27 heavy (non-hydrogen) atoms. The molecule has 0 N–H and O–H groups in total. The minimum absolute atomic E-state index is 0.181. The van der Waals surface area contributed by atoms with E-state index in [2.05, 4.69) is 21.2 Å². The van der Waals surface area contributed by atoms with Crippen molar-refractivity contribution in [1.82, 2.24) is 15.2 Å². The maximum atomic E-state index is 12.2. The van der Waals surface area contributed by atoms with E-state index in [1.54, 1.807) is 40.3 Å². The first-order valence-corrected chi connectivity index (χ1v) is 11.1. The number of anilines is 1. The number of aromatic nitrogens is 3. The van der Waals surface area contributed by atoms with Crippen molar-refractivity contribution < 1.29 is 9.21 Å². The molecule has 0 saturated carbocycles. The van der Waals surface area contributed by atoms with E-state index in [0.29, 0.717) is 16.6 Å². The number of para-hydroxylation sites is 1. The van der Waals surface area contributed by atoms with Crippen LogP contribution in [0.15, 0.2) is 51.4 Å². The van der Waals surface area contributed by atoms with Crippen molar-refractivity contribution in [3.05, 3.63) is 53.4 Å². The van der Waals surface area contributed by atoms with E-state index in [1.807, 2.05) is 24.3 Å². The van der Waals surface area contributed by atoms with E-state index in [9.17, 15) is 4.79 Å². The van der Waals surface area contributed by atoms with E-state index >= 15 is 0 Å². The zero-order chi connectivity index (χ0) is 18.4. The van der Waals surface area contributed by atoms with Crippen LogP contribution in [0, 0.1) is 0 Å². The summed E-state index contributed by atoms with van der Waals surface area (Å²) < 4.78 is 7.57. The minimum Gasteiger partial charge on any atom is -0.467 e. The molecule has 1 aliphatic heterocycles. The van der Waals surface area contributed by atoms with Gasteiger partial charge in [-0.15, -0.1) is 33.1 Å². The first-order chi connectivity index (χ1) is 13.2. The summed E-state index contributed by atoms with van der Waals surface area (Å²) >= 11 is 10.8. The molecule has 136 valence electrons. The molecule has 4 heterocycles. The lowest BCUT2D eigenvalue weighted by Crippen LogP contribution is -2.56. The van der Waals surface area contributed by atoms with Crippen molar-refractivity contribution in [2.24, 2.45) is 0 Å². The third-order valence-corrected chi connectivity index (χ3v) is 7.84. The molecular weight excluding hydrogens is 424 g/mol. The van der Waals surface area contributed by atoms with Crippen LogP contribution >= 0.6 is 46.0 Å². The molecule has 0 bridgehead atoms. The van der Waals surface area contributed by atoms with Crippen LogP contribution in [0.3, 0.4) is 0 Å². The number of fused-ring (bicyclic) bond motifs is 1. The highest BCUT2D eigenvalue weighted by atomic mass is 35.5. The number of carbonyl (C=O) groups is 1. The molecule has 2 atom stereocenters. The standard InChI is InChI=1S/C17H11ClN4O2S3/c18-13-14(10-5-3-7-24-10)22(15(13)23)16-21-20-12(27-16)8-25-17-19-9-4-1-2-6-11(9)26-17/h1-7,13-14H,8H2. The number of rotatable bonds is 5. The van der Waals surface area contributed by atoms with Crippen molar-refractivity contribution in [1.29, 1.82) is 0 Å². The van der Waals surface area contributed by atoms with Crippen LogP contribution in [-0.2, 0) is 10.5 Å². The van der Waals surface area contributed by atoms with Crippen molar-refractivity contribution in [2.75, 3.05) is 4.90 Å². The van der Waals surface area contributed by atoms with Gasteiger partial charge in [-0.3, -0.25) is 9.69 Å². The second kappa shape index (κ2) is 6.90. The molecule has 4 aromatic rings. The molecule has 0 spiro atoms. The third-order valence-electron chi connectivity index (χ3n) is 4.12. The summed E-state index contributed by atoms with van der Waals surface area (Å²) in [6, 6.07) is 11.3. The van der Waals surface area contributed by atoms with Crippen molar-refractivity contribution in [3.8, 4) is 0 Å². The number of β-lactam (4-membered cyclic amide) rings is 1. The van der Waals surface area contributed by atoms with E-state index in [-0.39, 0.29) is 11.9 Å². The van der Waals surface area contributed by atoms with E-state index < -0.39 is 5.38 Å². The summed E-state index contributed by atoms with van der Waals surface area (Å²) in [7, 11) is 0. The monoisotopic (exact) mass is 434 g/mol. The Kier molecular flexibility index (Phi) is 4.39. The Balaban J connectivity index is 1.31. The highest BCUT2D eigenvalue weighted by Crippen LogP contribution is 2.43. The normalized spacial score (nSPS) is 19.6. The van der Waals surface area contributed by atoms with Crippen molar-refractivity contribution in [3.63, 3.8) is 0 Å². The summed E-state index contributed by atoms with van der Waals surface area (Å²) in [6.45, 7) is 0. The number of alkyl halides is 1. The maximum Gasteiger partial charge on any atom is 0.250 e. The SMILES string of the molecule is O=C1C(Cl)C(c2ccco2)N1c1nnc(CSc2nc3ccccc3s2)s1.